The lowest BCUT2D eigenvalue weighted by atomic mass is 10.1. The molecule has 0 saturated carbocycles. The molecule has 2 aromatic rings. The summed E-state index contributed by atoms with van der Waals surface area (Å²) in [7, 11) is 4.01. The summed E-state index contributed by atoms with van der Waals surface area (Å²) in [5, 5.41) is 11.3. The Bertz CT molecular complexity index is 675. The molecule has 6 heteroatoms. The van der Waals surface area contributed by atoms with E-state index in [1.807, 2.05) is 20.2 Å². The van der Waals surface area contributed by atoms with Crippen LogP contribution >= 0.6 is 11.8 Å². The van der Waals surface area contributed by atoms with Gasteiger partial charge in [-0.2, -0.15) is 0 Å². The molecule has 0 aliphatic heterocycles. The molecule has 23 heavy (non-hydrogen) atoms. The first kappa shape index (κ1) is 17.4. The van der Waals surface area contributed by atoms with Crippen LogP contribution in [0.25, 0.3) is 0 Å². The Morgan fingerprint density at radius 1 is 1.17 bits per heavy atom. The van der Waals surface area contributed by atoms with Crippen LogP contribution in [0.5, 0.6) is 0 Å². The van der Waals surface area contributed by atoms with Gasteiger partial charge in [0.15, 0.2) is 0 Å². The molecule has 0 amide bonds. The standard InChI is InChI=1S/C17H19FN2O2S/c1-19(2)11-3-4-13-5-10-17(16(12-13)20(21)22)23-15-8-6-14(18)7-9-15/h5-10,12H,3-4,11H2,1-2H3. The third kappa shape index (κ3) is 5.33. The number of halogens is 1. The number of nitrogens with zero attached hydrogens (tertiary/aromatic N) is 2. The van der Waals surface area contributed by atoms with Gasteiger partial charge < -0.3 is 4.90 Å². The molecule has 0 heterocycles. The molecule has 0 aromatic heterocycles. The van der Waals surface area contributed by atoms with Gasteiger partial charge >= 0.3 is 0 Å². The first-order valence-corrected chi connectivity index (χ1v) is 8.13. The summed E-state index contributed by atoms with van der Waals surface area (Å²) in [5.74, 6) is -0.319. The summed E-state index contributed by atoms with van der Waals surface area (Å²) in [6.07, 6.45) is 1.76. The second-order valence-corrected chi connectivity index (χ2v) is 6.64. The van der Waals surface area contributed by atoms with E-state index in [9.17, 15) is 14.5 Å². The first-order chi connectivity index (χ1) is 11.0. The maximum atomic E-state index is 12.9. The number of rotatable bonds is 7. The van der Waals surface area contributed by atoms with Crippen LogP contribution in [0.3, 0.4) is 0 Å². The Morgan fingerprint density at radius 2 is 1.87 bits per heavy atom. The smallest absolute Gasteiger partial charge is 0.283 e. The summed E-state index contributed by atoms with van der Waals surface area (Å²) in [5.41, 5.74) is 1.06. The van der Waals surface area contributed by atoms with Crippen LogP contribution in [0.2, 0.25) is 0 Å². The Balaban J connectivity index is 2.16. The number of aryl methyl sites for hydroxylation is 1. The molecule has 0 N–H and O–H groups in total. The highest BCUT2D eigenvalue weighted by Crippen LogP contribution is 2.35. The Labute approximate surface area is 139 Å². The first-order valence-electron chi connectivity index (χ1n) is 7.31. The fraction of sp³-hybridized carbons (Fsp3) is 0.294. The van der Waals surface area contributed by atoms with Gasteiger partial charge in [0.05, 0.1) is 9.82 Å². The van der Waals surface area contributed by atoms with Crippen LogP contribution in [0.1, 0.15) is 12.0 Å². The SMILES string of the molecule is CN(C)CCCc1ccc(Sc2ccc(F)cc2)c([N+](=O)[O-])c1. The number of hydrogen-bond acceptors (Lipinski definition) is 4. The quantitative estimate of drug-likeness (QED) is 0.557. The van der Waals surface area contributed by atoms with Gasteiger partial charge in [0.1, 0.15) is 5.82 Å². The molecule has 0 aliphatic rings. The normalized spacial score (nSPS) is 11.0. The molecule has 0 aliphatic carbocycles. The van der Waals surface area contributed by atoms with E-state index in [2.05, 4.69) is 4.90 Å². The van der Waals surface area contributed by atoms with Crippen LogP contribution in [0, 0.1) is 15.9 Å². The van der Waals surface area contributed by atoms with Gasteiger partial charge in [-0.1, -0.05) is 17.8 Å². The van der Waals surface area contributed by atoms with E-state index in [1.54, 1.807) is 24.3 Å². The lowest BCUT2D eigenvalue weighted by molar-refractivity contribution is -0.387. The zero-order chi connectivity index (χ0) is 16.8. The van der Waals surface area contributed by atoms with Crippen molar-refractivity contribution in [2.75, 3.05) is 20.6 Å². The van der Waals surface area contributed by atoms with Gasteiger partial charge in [0, 0.05) is 11.0 Å². The van der Waals surface area contributed by atoms with Crippen molar-refractivity contribution < 1.29 is 9.31 Å². The van der Waals surface area contributed by atoms with E-state index in [1.165, 1.54) is 23.9 Å². The second-order valence-electron chi connectivity index (χ2n) is 5.52. The molecule has 0 radical (unpaired) electrons. The van der Waals surface area contributed by atoms with E-state index < -0.39 is 0 Å². The largest absolute Gasteiger partial charge is 0.309 e. The van der Waals surface area contributed by atoms with Gasteiger partial charge in [0.2, 0.25) is 0 Å². The minimum absolute atomic E-state index is 0.0988. The average Bonchev–Trinajstić information content (AvgIpc) is 2.50. The minimum atomic E-state index is -0.360. The molecule has 0 bridgehead atoms. The number of hydrogen-bond donors (Lipinski definition) is 0. The lowest BCUT2D eigenvalue weighted by Gasteiger charge is -2.09. The number of nitro benzene ring substituents is 1. The third-order valence-electron chi connectivity index (χ3n) is 3.33. The van der Waals surface area contributed by atoms with Crippen molar-refractivity contribution >= 4 is 17.4 Å². The lowest BCUT2D eigenvalue weighted by Crippen LogP contribution is -2.13. The van der Waals surface area contributed by atoms with Gasteiger partial charge in [-0.05, 0) is 69.4 Å². The van der Waals surface area contributed by atoms with Crippen LogP contribution in [0.15, 0.2) is 52.3 Å². The highest BCUT2D eigenvalue weighted by Gasteiger charge is 2.16. The van der Waals surface area contributed by atoms with Gasteiger partial charge in [-0.3, -0.25) is 10.1 Å². The summed E-state index contributed by atoms with van der Waals surface area (Å²) < 4.78 is 12.9. The molecule has 0 fully saturated rings. The average molecular weight is 334 g/mol. The molecule has 0 atom stereocenters. The number of nitro groups is 1. The van der Waals surface area contributed by atoms with Crippen LogP contribution in [0.4, 0.5) is 10.1 Å². The van der Waals surface area contributed by atoms with Crippen LogP contribution < -0.4 is 0 Å². The second kappa shape index (κ2) is 8.08. The van der Waals surface area contributed by atoms with E-state index in [-0.39, 0.29) is 16.4 Å². The molecule has 4 nitrogen and oxygen atoms in total. The predicted octanol–water partition coefficient (Wildman–Crippen LogP) is 4.38. The van der Waals surface area contributed by atoms with Crippen molar-refractivity contribution in [2.24, 2.45) is 0 Å². The predicted molar refractivity (Wildman–Crippen MR) is 90.5 cm³/mol. The minimum Gasteiger partial charge on any atom is -0.309 e. The summed E-state index contributed by atoms with van der Waals surface area (Å²) in [6, 6.07) is 11.3. The van der Waals surface area contributed by atoms with Gasteiger partial charge in [-0.25, -0.2) is 4.39 Å². The van der Waals surface area contributed by atoms with Crippen molar-refractivity contribution in [1.29, 1.82) is 0 Å². The molecular formula is C17H19FN2O2S. The van der Waals surface area contributed by atoms with Crippen molar-refractivity contribution in [3.05, 3.63) is 64.0 Å². The Hall–Kier alpha value is -1.92. The van der Waals surface area contributed by atoms with Gasteiger partial charge in [0.25, 0.3) is 5.69 Å². The van der Waals surface area contributed by atoms with Crippen LogP contribution in [-0.4, -0.2) is 30.5 Å². The summed E-state index contributed by atoms with van der Waals surface area (Å²) in [6.45, 7) is 0.944. The molecule has 0 saturated heterocycles. The highest BCUT2D eigenvalue weighted by atomic mass is 32.2. The summed E-state index contributed by atoms with van der Waals surface area (Å²) in [4.78, 5) is 14.4. The van der Waals surface area contributed by atoms with Crippen molar-refractivity contribution in [1.82, 2.24) is 4.90 Å². The maximum absolute atomic E-state index is 12.9. The van der Waals surface area contributed by atoms with E-state index >= 15 is 0 Å². The molecule has 0 spiro atoms. The molecule has 2 aromatic carbocycles. The molecule has 122 valence electrons. The number of benzene rings is 2. The topological polar surface area (TPSA) is 46.4 Å². The van der Waals surface area contributed by atoms with Crippen molar-refractivity contribution in [3.63, 3.8) is 0 Å². The Kier molecular flexibility index (Phi) is 6.12. The van der Waals surface area contributed by atoms with E-state index in [0.29, 0.717) is 4.90 Å². The van der Waals surface area contributed by atoms with Crippen LogP contribution in [-0.2, 0) is 6.42 Å². The van der Waals surface area contributed by atoms with Crippen molar-refractivity contribution in [2.45, 2.75) is 22.6 Å². The van der Waals surface area contributed by atoms with E-state index in [0.717, 1.165) is 29.8 Å². The zero-order valence-electron chi connectivity index (χ0n) is 13.2. The summed E-state index contributed by atoms with van der Waals surface area (Å²) >= 11 is 1.27. The van der Waals surface area contributed by atoms with Crippen molar-refractivity contribution in [3.8, 4) is 0 Å². The fourth-order valence-corrected chi connectivity index (χ4v) is 3.08. The van der Waals surface area contributed by atoms with E-state index in [4.69, 9.17) is 0 Å². The molecule has 2 rings (SSSR count). The zero-order valence-corrected chi connectivity index (χ0v) is 14.0. The molecule has 0 unspecified atom stereocenters. The Morgan fingerprint density at radius 3 is 2.48 bits per heavy atom. The molecular weight excluding hydrogens is 315 g/mol. The van der Waals surface area contributed by atoms with Gasteiger partial charge in [-0.15, -0.1) is 0 Å². The monoisotopic (exact) mass is 334 g/mol. The third-order valence-corrected chi connectivity index (χ3v) is 4.41. The fourth-order valence-electron chi connectivity index (χ4n) is 2.18. The highest BCUT2D eigenvalue weighted by molar-refractivity contribution is 7.99. The maximum Gasteiger partial charge on any atom is 0.283 e.